The lowest BCUT2D eigenvalue weighted by molar-refractivity contribution is 0.332. The average molecular weight is 440 g/mol. The summed E-state index contributed by atoms with van der Waals surface area (Å²) in [6, 6.07) is 29.5. The molecule has 0 unspecified atom stereocenters. The lowest BCUT2D eigenvalue weighted by Gasteiger charge is -2.32. The Morgan fingerprint density at radius 1 is 0.853 bits per heavy atom. The minimum absolute atomic E-state index is 0.00630. The summed E-state index contributed by atoms with van der Waals surface area (Å²) in [6.07, 6.45) is 4.38. The van der Waals surface area contributed by atoms with Crippen LogP contribution in [0.25, 0.3) is 33.6 Å². The van der Waals surface area contributed by atoms with E-state index >= 15 is 0 Å². The summed E-state index contributed by atoms with van der Waals surface area (Å²) in [7, 11) is 0. The molecule has 1 aromatic heterocycles. The van der Waals surface area contributed by atoms with Crippen molar-refractivity contribution in [1.29, 1.82) is 10.5 Å². The SMILES string of the molecule is CC1(C)CC(=C=Cc2cccc3c4ccccc4n(-c4ccccc4)c23)CC(=C(C#N)C#N)C1. The van der Waals surface area contributed by atoms with Gasteiger partial charge in [0, 0.05) is 22.0 Å². The summed E-state index contributed by atoms with van der Waals surface area (Å²) in [5.41, 5.74) is 10.4. The number of hydrogen-bond acceptors (Lipinski definition) is 2. The molecule has 1 aliphatic carbocycles. The van der Waals surface area contributed by atoms with Crippen LogP contribution < -0.4 is 0 Å². The van der Waals surface area contributed by atoms with E-state index in [0.29, 0.717) is 6.42 Å². The van der Waals surface area contributed by atoms with Crippen molar-refractivity contribution in [3.8, 4) is 17.8 Å². The molecule has 0 aliphatic heterocycles. The minimum Gasteiger partial charge on any atom is -0.309 e. The van der Waals surface area contributed by atoms with Crippen molar-refractivity contribution < 1.29 is 0 Å². The highest BCUT2D eigenvalue weighted by atomic mass is 15.0. The molecule has 5 rings (SSSR count). The highest BCUT2D eigenvalue weighted by Gasteiger charge is 2.29. The smallest absolute Gasteiger partial charge is 0.129 e. The number of fused-ring (bicyclic) bond motifs is 3. The van der Waals surface area contributed by atoms with Gasteiger partial charge >= 0.3 is 0 Å². The van der Waals surface area contributed by atoms with Crippen LogP contribution in [0.15, 0.2) is 95.2 Å². The van der Waals surface area contributed by atoms with Gasteiger partial charge in [-0.2, -0.15) is 10.5 Å². The highest BCUT2D eigenvalue weighted by Crippen LogP contribution is 2.42. The topological polar surface area (TPSA) is 52.5 Å². The van der Waals surface area contributed by atoms with Gasteiger partial charge in [-0.25, -0.2) is 0 Å². The zero-order valence-electron chi connectivity index (χ0n) is 19.5. The number of benzene rings is 3. The van der Waals surface area contributed by atoms with Crippen molar-refractivity contribution in [2.45, 2.75) is 33.1 Å². The zero-order chi connectivity index (χ0) is 23.7. The third-order valence-corrected chi connectivity index (χ3v) is 6.56. The normalized spacial score (nSPS) is 14.9. The monoisotopic (exact) mass is 439 g/mol. The number of para-hydroxylation sites is 3. The van der Waals surface area contributed by atoms with E-state index in [0.717, 1.165) is 40.8 Å². The van der Waals surface area contributed by atoms with Crippen molar-refractivity contribution in [1.82, 2.24) is 4.57 Å². The van der Waals surface area contributed by atoms with Gasteiger partial charge in [0.25, 0.3) is 0 Å². The molecular formula is C31H25N3. The quantitative estimate of drug-likeness (QED) is 0.236. The summed E-state index contributed by atoms with van der Waals surface area (Å²) in [5, 5.41) is 21.2. The molecule has 0 bridgehead atoms. The van der Waals surface area contributed by atoms with Gasteiger partial charge in [0.1, 0.15) is 17.7 Å². The molecule has 1 aliphatic rings. The van der Waals surface area contributed by atoms with Crippen molar-refractivity contribution in [2.75, 3.05) is 0 Å². The number of allylic oxidation sites excluding steroid dienone is 3. The second-order valence-electron chi connectivity index (χ2n) is 9.72. The Kier molecular flexibility index (Phi) is 5.43. The first-order valence-corrected chi connectivity index (χ1v) is 11.5. The third kappa shape index (κ3) is 3.84. The second kappa shape index (κ2) is 8.57. The first-order valence-electron chi connectivity index (χ1n) is 11.5. The molecule has 1 heterocycles. The van der Waals surface area contributed by atoms with Crippen LogP contribution in [0.2, 0.25) is 0 Å². The molecular weight excluding hydrogens is 414 g/mol. The van der Waals surface area contributed by atoms with E-state index in [1.54, 1.807) is 0 Å². The van der Waals surface area contributed by atoms with Crippen LogP contribution in [0.1, 0.15) is 38.7 Å². The Balaban J connectivity index is 1.73. The van der Waals surface area contributed by atoms with E-state index in [1.165, 1.54) is 16.3 Å². The van der Waals surface area contributed by atoms with E-state index in [2.05, 4.69) is 109 Å². The number of rotatable bonds is 2. The predicted molar refractivity (Wildman–Crippen MR) is 138 cm³/mol. The fourth-order valence-corrected chi connectivity index (χ4v) is 5.25. The number of hydrogen-bond donors (Lipinski definition) is 0. The fraction of sp³-hybridized carbons (Fsp3) is 0.194. The second-order valence-corrected chi connectivity index (χ2v) is 9.72. The summed E-state index contributed by atoms with van der Waals surface area (Å²) in [5.74, 6) is 0. The van der Waals surface area contributed by atoms with Crippen LogP contribution in [0.5, 0.6) is 0 Å². The van der Waals surface area contributed by atoms with Gasteiger partial charge in [0.2, 0.25) is 0 Å². The van der Waals surface area contributed by atoms with Gasteiger partial charge in [0.05, 0.1) is 11.0 Å². The summed E-state index contributed by atoms with van der Waals surface area (Å²) in [6.45, 7) is 4.38. The summed E-state index contributed by atoms with van der Waals surface area (Å²) < 4.78 is 2.32. The molecule has 164 valence electrons. The Morgan fingerprint density at radius 2 is 1.56 bits per heavy atom. The minimum atomic E-state index is -0.00630. The molecule has 0 amide bonds. The Labute approximate surface area is 200 Å². The lowest BCUT2D eigenvalue weighted by Crippen LogP contribution is -2.19. The van der Waals surface area contributed by atoms with Gasteiger partial charge < -0.3 is 4.57 Å². The summed E-state index contributed by atoms with van der Waals surface area (Å²) in [4.78, 5) is 0. The fourth-order valence-electron chi connectivity index (χ4n) is 5.25. The Bertz CT molecular complexity index is 1580. The molecule has 0 atom stereocenters. The molecule has 3 heteroatoms. The Morgan fingerprint density at radius 3 is 2.32 bits per heavy atom. The molecule has 3 aromatic carbocycles. The van der Waals surface area contributed by atoms with Crippen LogP contribution in [0.4, 0.5) is 0 Å². The van der Waals surface area contributed by atoms with E-state index in [9.17, 15) is 10.5 Å². The maximum atomic E-state index is 9.40. The van der Waals surface area contributed by atoms with Crippen LogP contribution in [-0.4, -0.2) is 4.57 Å². The van der Waals surface area contributed by atoms with Gasteiger partial charge in [-0.1, -0.05) is 68.4 Å². The Hall–Kier alpha value is -4.30. The molecule has 1 fully saturated rings. The van der Waals surface area contributed by atoms with Crippen molar-refractivity contribution in [3.63, 3.8) is 0 Å². The van der Waals surface area contributed by atoms with Crippen LogP contribution in [-0.2, 0) is 0 Å². The molecule has 34 heavy (non-hydrogen) atoms. The van der Waals surface area contributed by atoms with Gasteiger partial charge in [0.15, 0.2) is 0 Å². The molecule has 0 spiro atoms. The van der Waals surface area contributed by atoms with Crippen LogP contribution in [0, 0.1) is 28.1 Å². The van der Waals surface area contributed by atoms with Gasteiger partial charge in [-0.3, -0.25) is 0 Å². The van der Waals surface area contributed by atoms with Crippen molar-refractivity contribution >= 4 is 27.9 Å². The lowest BCUT2D eigenvalue weighted by atomic mass is 9.72. The van der Waals surface area contributed by atoms with Crippen LogP contribution >= 0.6 is 0 Å². The van der Waals surface area contributed by atoms with E-state index < -0.39 is 0 Å². The molecule has 0 radical (unpaired) electrons. The number of nitrogens with zero attached hydrogens (tertiary/aromatic N) is 3. The average Bonchev–Trinajstić information content (AvgIpc) is 3.18. The van der Waals surface area contributed by atoms with Gasteiger partial charge in [-0.05, 0) is 60.1 Å². The van der Waals surface area contributed by atoms with E-state index in [-0.39, 0.29) is 11.0 Å². The number of nitriles is 2. The standard InChI is InChI=1S/C31H25N3/c1-31(2)18-22(17-24(19-31)25(20-32)21-33)15-16-23-9-8-13-28-27-12-6-7-14-29(27)34(30(23)28)26-10-4-3-5-11-26/h3-14,16H,17-19H2,1-2H3. The van der Waals surface area contributed by atoms with E-state index in [1.807, 2.05) is 6.07 Å². The van der Waals surface area contributed by atoms with Gasteiger partial charge in [-0.15, -0.1) is 5.73 Å². The predicted octanol–water partition coefficient (Wildman–Crippen LogP) is 7.88. The molecule has 4 aromatic rings. The summed E-state index contributed by atoms with van der Waals surface area (Å²) >= 11 is 0. The molecule has 0 saturated heterocycles. The molecule has 1 saturated carbocycles. The van der Waals surface area contributed by atoms with Crippen molar-refractivity contribution in [2.24, 2.45) is 5.41 Å². The largest absolute Gasteiger partial charge is 0.309 e. The first-order chi connectivity index (χ1) is 16.5. The maximum absolute atomic E-state index is 9.40. The first kappa shape index (κ1) is 21.5. The molecule has 3 nitrogen and oxygen atoms in total. The van der Waals surface area contributed by atoms with E-state index in [4.69, 9.17) is 0 Å². The van der Waals surface area contributed by atoms with Crippen molar-refractivity contribution in [3.05, 3.63) is 101 Å². The number of aromatic nitrogens is 1. The van der Waals surface area contributed by atoms with Crippen LogP contribution in [0.3, 0.4) is 0 Å². The maximum Gasteiger partial charge on any atom is 0.129 e. The third-order valence-electron chi connectivity index (χ3n) is 6.56. The highest BCUT2D eigenvalue weighted by molar-refractivity contribution is 6.11. The molecule has 0 N–H and O–H groups in total. The zero-order valence-corrected chi connectivity index (χ0v) is 19.5.